The van der Waals surface area contributed by atoms with Crippen LogP contribution >= 0.6 is 0 Å². The van der Waals surface area contributed by atoms with Gasteiger partial charge in [0.25, 0.3) is 0 Å². The van der Waals surface area contributed by atoms with Gasteiger partial charge in [-0.3, -0.25) is 14.5 Å². The molecule has 0 aromatic heterocycles. The van der Waals surface area contributed by atoms with Crippen LogP contribution in [0.3, 0.4) is 0 Å². The van der Waals surface area contributed by atoms with Crippen molar-refractivity contribution in [1.29, 1.82) is 0 Å². The SMILES string of the molecule is O=C1CCC(=O)N1CC1=CCNCC1. The third-order valence-electron chi connectivity index (χ3n) is 2.67. The fourth-order valence-electron chi connectivity index (χ4n) is 1.82. The van der Waals surface area contributed by atoms with Crippen LogP contribution in [0.1, 0.15) is 19.3 Å². The van der Waals surface area contributed by atoms with E-state index >= 15 is 0 Å². The van der Waals surface area contributed by atoms with E-state index in [1.807, 2.05) is 0 Å². The Hall–Kier alpha value is -1.16. The fraction of sp³-hybridized carbons (Fsp3) is 0.600. The van der Waals surface area contributed by atoms with Gasteiger partial charge in [0.2, 0.25) is 11.8 Å². The number of imide groups is 1. The lowest BCUT2D eigenvalue weighted by molar-refractivity contribution is -0.137. The third-order valence-corrected chi connectivity index (χ3v) is 2.67. The van der Waals surface area contributed by atoms with Crippen molar-refractivity contribution in [3.05, 3.63) is 11.6 Å². The number of likely N-dealkylation sites (tertiary alicyclic amines) is 1. The molecule has 0 radical (unpaired) electrons. The van der Waals surface area contributed by atoms with Crippen molar-refractivity contribution in [3.8, 4) is 0 Å². The van der Waals surface area contributed by atoms with E-state index in [0.717, 1.165) is 19.5 Å². The molecule has 0 atom stereocenters. The Balaban J connectivity index is 1.99. The van der Waals surface area contributed by atoms with Crippen LogP contribution in [0, 0.1) is 0 Å². The lowest BCUT2D eigenvalue weighted by atomic mass is 10.1. The maximum Gasteiger partial charge on any atom is 0.229 e. The van der Waals surface area contributed by atoms with Gasteiger partial charge in [0.05, 0.1) is 0 Å². The van der Waals surface area contributed by atoms with Crippen LogP contribution in [0.4, 0.5) is 0 Å². The molecule has 1 saturated heterocycles. The Labute approximate surface area is 83.0 Å². The second-order valence-corrected chi connectivity index (χ2v) is 3.69. The average Bonchev–Trinajstić information content (AvgIpc) is 2.51. The first-order valence-corrected chi connectivity index (χ1v) is 4.99. The number of carbonyl (C=O) groups is 2. The van der Waals surface area contributed by atoms with E-state index in [1.165, 1.54) is 10.5 Å². The summed E-state index contributed by atoms with van der Waals surface area (Å²) in [5.74, 6) is -0.0381. The molecule has 0 aliphatic carbocycles. The highest BCUT2D eigenvalue weighted by Gasteiger charge is 2.29. The summed E-state index contributed by atoms with van der Waals surface area (Å²) in [5.41, 5.74) is 1.20. The Morgan fingerprint density at radius 2 is 1.93 bits per heavy atom. The smallest absolute Gasteiger partial charge is 0.229 e. The molecule has 2 aliphatic rings. The van der Waals surface area contributed by atoms with Gasteiger partial charge in [0, 0.05) is 25.9 Å². The van der Waals surface area contributed by atoms with Crippen LogP contribution in [0.5, 0.6) is 0 Å². The summed E-state index contributed by atoms with van der Waals surface area (Å²) in [6.45, 7) is 2.31. The van der Waals surface area contributed by atoms with E-state index in [-0.39, 0.29) is 11.8 Å². The number of hydrogen-bond donors (Lipinski definition) is 1. The van der Waals surface area contributed by atoms with Crippen molar-refractivity contribution < 1.29 is 9.59 Å². The van der Waals surface area contributed by atoms with Crippen LogP contribution in [-0.4, -0.2) is 36.3 Å². The highest BCUT2D eigenvalue weighted by atomic mass is 16.2. The molecule has 1 N–H and O–H groups in total. The van der Waals surface area contributed by atoms with E-state index in [0.29, 0.717) is 19.4 Å². The van der Waals surface area contributed by atoms with Gasteiger partial charge in [-0.05, 0) is 13.0 Å². The van der Waals surface area contributed by atoms with Crippen molar-refractivity contribution in [2.45, 2.75) is 19.3 Å². The van der Waals surface area contributed by atoms with Gasteiger partial charge in [-0.15, -0.1) is 0 Å². The summed E-state index contributed by atoms with van der Waals surface area (Å²) in [5, 5.41) is 3.20. The summed E-state index contributed by atoms with van der Waals surface area (Å²) in [7, 11) is 0. The molecular formula is C10H14N2O2. The molecule has 0 aromatic rings. The van der Waals surface area contributed by atoms with Gasteiger partial charge in [0.15, 0.2) is 0 Å². The van der Waals surface area contributed by atoms with Crippen LogP contribution in [0.25, 0.3) is 0 Å². The Bertz CT molecular complexity index is 280. The maximum atomic E-state index is 11.3. The van der Waals surface area contributed by atoms with Gasteiger partial charge in [-0.2, -0.15) is 0 Å². The Morgan fingerprint density at radius 3 is 2.50 bits per heavy atom. The van der Waals surface area contributed by atoms with Gasteiger partial charge >= 0.3 is 0 Å². The summed E-state index contributed by atoms with van der Waals surface area (Å²) >= 11 is 0. The number of nitrogens with zero attached hydrogens (tertiary/aromatic N) is 1. The number of carbonyl (C=O) groups excluding carboxylic acids is 2. The van der Waals surface area contributed by atoms with Crippen LogP contribution in [0.15, 0.2) is 11.6 Å². The lowest BCUT2D eigenvalue weighted by Gasteiger charge is -2.19. The first-order valence-electron chi connectivity index (χ1n) is 4.99. The molecule has 0 bridgehead atoms. The van der Waals surface area contributed by atoms with Crippen molar-refractivity contribution >= 4 is 11.8 Å². The topological polar surface area (TPSA) is 49.4 Å². The molecule has 4 heteroatoms. The second-order valence-electron chi connectivity index (χ2n) is 3.69. The quantitative estimate of drug-likeness (QED) is 0.499. The van der Waals surface area contributed by atoms with Crippen LogP contribution < -0.4 is 5.32 Å². The second kappa shape index (κ2) is 3.92. The van der Waals surface area contributed by atoms with Gasteiger partial charge in [-0.1, -0.05) is 11.6 Å². The molecule has 4 nitrogen and oxygen atoms in total. The van der Waals surface area contributed by atoms with Gasteiger partial charge < -0.3 is 5.32 Å². The lowest BCUT2D eigenvalue weighted by Crippen LogP contribution is -2.33. The normalized spacial score (nSPS) is 22.9. The summed E-state index contributed by atoms with van der Waals surface area (Å²) in [4.78, 5) is 24.0. The molecule has 2 amide bonds. The van der Waals surface area contributed by atoms with Crippen molar-refractivity contribution in [3.63, 3.8) is 0 Å². The predicted molar refractivity (Wildman–Crippen MR) is 51.5 cm³/mol. The van der Waals surface area contributed by atoms with Crippen LogP contribution in [0.2, 0.25) is 0 Å². The molecule has 0 saturated carbocycles. The monoisotopic (exact) mass is 194 g/mol. The minimum Gasteiger partial charge on any atom is -0.313 e. The number of hydrogen-bond acceptors (Lipinski definition) is 3. The molecule has 0 aromatic carbocycles. The van der Waals surface area contributed by atoms with E-state index in [1.54, 1.807) is 0 Å². The van der Waals surface area contributed by atoms with Crippen molar-refractivity contribution in [1.82, 2.24) is 10.2 Å². The standard InChI is InChI=1S/C10H14N2O2/c13-9-1-2-10(14)12(9)7-8-3-5-11-6-4-8/h3,11H,1-2,4-7H2. The zero-order valence-corrected chi connectivity index (χ0v) is 8.08. The minimum absolute atomic E-state index is 0.0190. The first kappa shape index (κ1) is 9.40. The third kappa shape index (κ3) is 1.85. The predicted octanol–water partition coefficient (Wildman–Crippen LogP) is 0.0551. The van der Waals surface area contributed by atoms with E-state index in [4.69, 9.17) is 0 Å². The van der Waals surface area contributed by atoms with Crippen LogP contribution in [-0.2, 0) is 9.59 Å². The zero-order valence-electron chi connectivity index (χ0n) is 8.08. The first-order chi connectivity index (χ1) is 6.77. The number of amides is 2. The van der Waals surface area contributed by atoms with Crippen molar-refractivity contribution in [2.24, 2.45) is 0 Å². The number of rotatable bonds is 2. The average molecular weight is 194 g/mol. The molecule has 2 heterocycles. The molecule has 2 rings (SSSR count). The van der Waals surface area contributed by atoms with E-state index in [2.05, 4.69) is 11.4 Å². The molecule has 0 spiro atoms. The molecule has 1 fully saturated rings. The maximum absolute atomic E-state index is 11.3. The fourth-order valence-corrected chi connectivity index (χ4v) is 1.82. The highest BCUT2D eigenvalue weighted by molar-refractivity contribution is 6.02. The Kier molecular flexibility index (Phi) is 2.63. The summed E-state index contributed by atoms with van der Waals surface area (Å²) in [6, 6.07) is 0. The minimum atomic E-state index is -0.0190. The molecule has 0 unspecified atom stereocenters. The molecule has 14 heavy (non-hydrogen) atoms. The summed E-state index contributed by atoms with van der Waals surface area (Å²) < 4.78 is 0. The largest absolute Gasteiger partial charge is 0.313 e. The Morgan fingerprint density at radius 1 is 1.21 bits per heavy atom. The van der Waals surface area contributed by atoms with E-state index in [9.17, 15) is 9.59 Å². The molecule has 76 valence electrons. The highest BCUT2D eigenvalue weighted by Crippen LogP contribution is 2.15. The van der Waals surface area contributed by atoms with E-state index < -0.39 is 0 Å². The van der Waals surface area contributed by atoms with Crippen molar-refractivity contribution in [2.75, 3.05) is 19.6 Å². The zero-order chi connectivity index (χ0) is 9.97. The molecular weight excluding hydrogens is 180 g/mol. The number of nitrogens with one attached hydrogen (secondary N) is 1. The van der Waals surface area contributed by atoms with Gasteiger partial charge in [-0.25, -0.2) is 0 Å². The summed E-state index contributed by atoms with van der Waals surface area (Å²) in [6.07, 6.45) is 3.80. The van der Waals surface area contributed by atoms with Gasteiger partial charge in [0.1, 0.15) is 0 Å². The molecule has 2 aliphatic heterocycles.